The first-order valence-corrected chi connectivity index (χ1v) is 5.17. The van der Waals surface area contributed by atoms with Gasteiger partial charge in [0.25, 0.3) is 0 Å². The highest BCUT2D eigenvalue weighted by atomic mass is 79.9. The Labute approximate surface area is 94.9 Å². The smallest absolute Gasteiger partial charge is 0.336 e. The molecule has 0 aliphatic rings. The summed E-state index contributed by atoms with van der Waals surface area (Å²) in [5, 5.41) is 9.78. The van der Waals surface area contributed by atoms with E-state index in [0.29, 0.717) is 16.5 Å². The quantitative estimate of drug-likeness (QED) is 0.863. The summed E-state index contributed by atoms with van der Waals surface area (Å²) in [7, 11) is 0. The third kappa shape index (κ3) is 1.72. The number of fused-ring (bicyclic) bond motifs is 1. The molecular weight excluding hydrogens is 258 g/mol. The average Bonchev–Trinajstić information content (AvgIpc) is 2.16. The van der Waals surface area contributed by atoms with Crippen LogP contribution in [0.25, 0.3) is 10.9 Å². The van der Waals surface area contributed by atoms with E-state index in [1.807, 2.05) is 6.07 Å². The second-order valence-corrected chi connectivity index (χ2v) is 4.20. The number of aromatic nitrogens is 1. The Morgan fingerprint density at radius 1 is 1.47 bits per heavy atom. The Bertz CT molecular complexity index is 546. The number of rotatable bonds is 1. The molecule has 2 rings (SSSR count). The van der Waals surface area contributed by atoms with Crippen molar-refractivity contribution in [1.29, 1.82) is 0 Å². The molecule has 0 aliphatic carbocycles. The molecule has 0 unspecified atom stereocenters. The zero-order valence-corrected chi connectivity index (χ0v) is 9.58. The summed E-state index contributed by atoms with van der Waals surface area (Å²) in [6.07, 6.45) is 1.66. The minimum Gasteiger partial charge on any atom is -0.478 e. The minimum absolute atomic E-state index is 0.321. The summed E-state index contributed by atoms with van der Waals surface area (Å²) < 4.78 is 0.781. The first-order chi connectivity index (χ1) is 7.09. The number of carboxylic acid groups (broad SMARTS) is 1. The van der Waals surface area contributed by atoms with Crippen LogP contribution in [0.4, 0.5) is 0 Å². The van der Waals surface area contributed by atoms with Crippen LogP contribution in [0.2, 0.25) is 0 Å². The molecule has 1 heterocycles. The third-order valence-corrected chi connectivity index (χ3v) is 2.69. The van der Waals surface area contributed by atoms with Gasteiger partial charge in [-0.3, -0.25) is 4.98 Å². The van der Waals surface area contributed by atoms with Gasteiger partial charge in [0.1, 0.15) is 0 Å². The predicted molar refractivity (Wildman–Crippen MR) is 61.1 cm³/mol. The highest BCUT2D eigenvalue weighted by Gasteiger charge is 2.12. The van der Waals surface area contributed by atoms with Crippen LogP contribution in [0.3, 0.4) is 0 Å². The number of aryl methyl sites for hydroxylation is 1. The predicted octanol–water partition coefficient (Wildman–Crippen LogP) is 3.00. The summed E-state index contributed by atoms with van der Waals surface area (Å²) in [6, 6.07) is 5.37. The van der Waals surface area contributed by atoms with Crippen molar-refractivity contribution in [2.24, 2.45) is 0 Å². The number of carboxylic acids is 1. The third-order valence-electron chi connectivity index (χ3n) is 2.25. The van der Waals surface area contributed by atoms with Gasteiger partial charge < -0.3 is 5.11 Å². The number of aromatic carboxylic acids is 1. The number of hydrogen-bond donors (Lipinski definition) is 1. The molecule has 1 aromatic heterocycles. The van der Waals surface area contributed by atoms with Crippen molar-refractivity contribution in [3.05, 3.63) is 40.0 Å². The van der Waals surface area contributed by atoms with E-state index in [2.05, 4.69) is 20.9 Å². The van der Waals surface area contributed by atoms with Crippen LogP contribution in [-0.4, -0.2) is 16.1 Å². The highest BCUT2D eigenvalue weighted by Crippen LogP contribution is 2.23. The minimum atomic E-state index is -0.919. The lowest BCUT2D eigenvalue weighted by atomic mass is 10.0. The monoisotopic (exact) mass is 265 g/mol. The summed E-state index contributed by atoms with van der Waals surface area (Å²) in [5.41, 5.74) is 1.76. The van der Waals surface area contributed by atoms with E-state index in [-0.39, 0.29) is 0 Å². The SMILES string of the molecule is Cc1ccc2ncc(Br)cc2c1C(=O)O. The summed E-state index contributed by atoms with van der Waals surface area (Å²) in [6.45, 7) is 1.78. The van der Waals surface area contributed by atoms with Crippen LogP contribution in [-0.2, 0) is 0 Å². The molecule has 1 aromatic carbocycles. The lowest BCUT2D eigenvalue weighted by Gasteiger charge is -2.05. The lowest BCUT2D eigenvalue weighted by molar-refractivity contribution is 0.0698. The molecule has 0 saturated carbocycles. The topological polar surface area (TPSA) is 50.2 Å². The summed E-state index contributed by atoms with van der Waals surface area (Å²) >= 11 is 3.28. The number of hydrogen-bond acceptors (Lipinski definition) is 2. The number of nitrogens with zero attached hydrogens (tertiary/aromatic N) is 1. The summed E-state index contributed by atoms with van der Waals surface area (Å²) in [5.74, 6) is -0.919. The van der Waals surface area contributed by atoms with Crippen molar-refractivity contribution in [2.75, 3.05) is 0 Å². The Kier molecular flexibility index (Phi) is 2.44. The van der Waals surface area contributed by atoms with Gasteiger partial charge in [-0.1, -0.05) is 6.07 Å². The fraction of sp³-hybridized carbons (Fsp3) is 0.0909. The Morgan fingerprint density at radius 3 is 2.87 bits per heavy atom. The zero-order valence-electron chi connectivity index (χ0n) is 7.99. The number of benzene rings is 1. The second kappa shape index (κ2) is 3.62. The van der Waals surface area contributed by atoms with Gasteiger partial charge in [0.2, 0.25) is 0 Å². The standard InChI is InChI=1S/C11H8BrNO2/c1-6-2-3-9-8(10(6)11(14)15)4-7(12)5-13-9/h2-5H,1H3,(H,14,15). The Hall–Kier alpha value is -1.42. The molecule has 1 N–H and O–H groups in total. The number of carbonyl (C=O) groups is 1. The highest BCUT2D eigenvalue weighted by molar-refractivity contribution is 9.10. The van der Waals surface area contributed by atoms with Gasteiger partial charge in [0.05, 0.1) is 11.1 Å². The molecule has 0 aliphatic heterocycles. The largest absolute Gasteiger partial charge is 0.478 e. The molecule has 0 fully saturated rings. The molecule has 0 spiro atoms. The van der Waals surface area contributed by atoms with E-state index >= 15 is 0 Å². The van der Waals surface area contributed by atoms with Crippen molar-refractivity contribution in [1.82, 2.24) is 4.98 Å². The molecule has 0 atom stereocenters. The maximum atomic E-state index is 11.1. The van der Waals surface area contributed by atoms with Gasteiger partial charge in [-0.25, -0.2) is 4.79 Å². The van der Waals surface area contributed by atoms with Gasteiger partial charge in [0, 0.05) is 16.1 Å². The second-order valence-electron chi connectivity index (χ2n) is 3.28. The normalized spacial score (nSPS) is 10.5. The fourth-order valence-corrected chi connectivity index (χ4v) is 1.90. The van der Waals surface area contributed by atoms with Gasteiger partial charge in [0.15, 0.2) is 0 Å². The Morgan fingerprint density at radius 2 is 2.20 bits per heavy atom. The molecule has 3 nitrogen and oxygen atoms in total. The van der Waals surface area contributed by atoms with Crippen molar-refractivity contribution >= 4 is 32.8 Å². The van der Waals surface area contributed by atoms with Crippen molar-refractivity contribution in [3.8, 4) is 0 Å². The molecular formula is C11H8BrNO2. The van der Waals surface area contributed by atoms with E-state index < -0.39 is 5.97 Å². The molecule has 0 bridgehead atoms. The van der Waals surface area contributed by atoms with Crippen LogP contribution in [0.1, 0.15) is 15.9 Å². The maximum absolute atomic E-state index is 11.1. The van der Waals surface area contributed by atoms with Gasteiger partial charge >= 0.3 is 5.97 Å². The van der Waals surface area contributed by atoms with Crippen LogP contribution in [0.5, 0.6) is 0 Å². The van der Waals surface area contributed by atoms with Gasteiger partial charge in [-0.2, -0.15) is 0 Å². The number of halogens is 1. The summed E-state index contributed by atoms with van der Waals surface area (Å²) in [4.78, 5) is 15.3. The fourth-order valence-electron chi connectivity index (χ4n) is 1.57. The van der Waals surface area contributed by atoms with Crippen molar-refractivity contribution in [3.63, 3.8) is 0 Å². The molecule has 2 aromatic rings. The molecule has 0 saturated heterocycles. The Balaban J connectivity index is 2.90. The molecule has 4 heteroatoms. The van der Waals surface area contributed by atoms with Crippen LogP contribution < -0.4 is 0 Å². The van der Waals surface area contributed by atoms with Crippen LogP contribution >= 0.6 is 15.9 Å². The van der Waals surface area contributed by atoms with Gasteiger partial charge in [-0.15, -0.1) is 0 Å². The first-order valence-electron chi connectivity index (χ1n) is 4.38. The first kappa shape index (κ1) is 10.1. The van der Waals surface area contributed by atoms with E-state index in [1.54, 1.807) is 25.3 Å². The van der Waals surface area contributed by atoms with Crippen LogP contribution in [0.15, 0.2) is 28.9 Å². The lowest BCUT2D eigenvalue weighted by Crippen LogP contribution is -2.01. The van der Waals surface area contributed by atoms with Gasteiger partial charge in [-0.05, 0) is 40.5 Å². The maximum Gasteiger partial charge on any atom is 0.336 e. The van der Waals surface area contributed by atoms with Crippen LogP contribution in [0, 0.1) is 6.92 Å². The molecule has 15 heavy (non-hydrogen) atoms. The van der Waals surface area contributed by atoms with E-state index in [1.165, 1.54) is 0 Å². The van der Waals surface area contributed by atoms with Crippen molar-refractivity contribution < 1.29 is 9.90 Å². The zero-order chi connectivity index (χ0) is 11.0. The van der Waals surface area contributed by atoms with E-state index in [4.69, 9.17) is 5.11 Å². The van der Waals surface area contributed by atoms with E-state index in [0.717, 1.165) is 10.0 Å². The van der Waals surface area contributed by atoms with E-state index in [9.17, 15) is 4.79 Å². The van der Waals surface area contributed by atoms with Crippen molar-refractivity contribution in [2.45, 2.75) is 6.92 Å². The average molecular weight is 266 g/mol. The molecule has 76 valence electrons. The number of pyridine rings is 1. The molecule has 0 radical (unpaired) electrons. The molecule has 0 amide bonds.